The van der Waals surface area contributed by atoms with Crippen LogP contribution in [0.5, 0.6) is 0 Å². The quantitative estimate of drug-likeness (QED) is 0.752. The Labute approximate surface area is 106 Å². The smallest absolute Gasteiger partial charge is 0.257 e. The number of benzene rings is 1. The van der Waals surface area contributed by atoms with Gasteiger partial charge in [-0.3, -0.25) is 4.79 Å². The van der Waals surface area contributed by atoms with Crippen molar-refractivity contribution in [2.24, 2.45) is 5.92 Å². The normalized spacial score (nSPS) is 24.1. The highest BCUT2D eigenvalue weighted by molar-refractivity contribution is 5.94. The molecular formula is C14H17F2NO. The van der Waals surface area contributed by atoms with E-state index >= 15 is 0 Å². The first-order valence-corrected chi connectivity index (χ1v) is 6.25. The van der Waals surface area contributed by atoms with Gasteiger partial charge >= 0.3 is 0 Å². The Morgan fingerprint density at radius 3 is 2.72 bits per heavy atom. The Balaban J connectivity index is 2.27. The topological polar surface area (TPSA) is 20.3 Å². The Morgan fingerprint density at radius 1 is 1.28 bits per heavy atom. The van der Waals surface area contributed by atoms with Crippen LogP contribution in [0, 0.1) is 17.6 Å². The molecule has 0 N–H and O–H groups in total. The molecule has 0 spiro atoms. The number of nitrogens with zero attached hydrogens (tertiary/aromatic N) is 1. The van der Waals surface area contributed by atoms with Gasteiger partial charge in [0.1, 0.15) is 0 Å². The number of carbonyl (C=O) groups excluding carboxylic acids is 1. The van der Waals surface area contributed by atoms with Crippen LogP contribution in [0.1, 0.15) is 37.0 Å². The van der Waals surface area contributed by atoms with Gasteiger partial charge in [-0.15, -0.1) is 0 Å². The van der Waals surface area contributed by atoms with Crippen molar-refractivity contribution in [1.82, 2.24) is 4.90 Å². The zero-order chi connectivity index (χ0) is 13.3. The molecule has 0 radical (unpaired) electrons. The summed E-state index contributed by atoms with van der Waals surface area (Å²) >= 11 is 0. The van der Waals surface area contributed by atoms with Crippen LogP contribution in [0.15, 0.2) is 18.2 Å². The monoisotopic (exact) mass is 253 g/mol. The molecule has 1 fully saturated rings. The van der Waals surface area contributed by atoms with E-state index in [1.54, 1.807) is 4.90 Å². The summed E-state index contributed by atoms with van der Waals surface area (Å²) in [5.74, 6) is -2.03. The molecule has 2 nitrogen and oxygen atoms in total. The molecule has 0 saturated carbocycles. The lowest BCUT2D eigenvalue weighted by molar-refractivity contribution is 0.0568. The number of halogens is 2. The molecule has 2 rings (SSSR count). The third-order valence-electron chi connectivity index (χ3n) is 3.56. The summed E-state index contributed by atoms with van der Waals surface area (Å²) in [4.78, 5) is 13.9. The lowest BCUT2D eigenvalue weighted by Crippen LogP contribution is -2.45. The summed E-state index contributed by atoms with van der Waals surface area (Å²) in [5.41, 5.74) is -0.170. The molecular weight excluding hydrogens is 236 g/mol. The molecule has 1 aliphatic heterocycles. The van der Waals surface area contributed by atoms with E-state index in [-0.39, 0.29) is 11.6 Å². The summed E-state index contributed by atoms with van der Waals surface area (Å²) < 4.78 is 26.7. The van der Waals surface area contributed by atoms with Gasteiger partial charge in [-0.05, 0) is 37.8 Å². The molecule has 1 aromatic carbocycles. The van der Waals surface area contributed by atoms with Crippen molar-refractivity contribution < 1.29 is 13.6 Å². The zero-order valence-corrected chi connectivity index (χ0v) is 10.6. The van der Waals surface area contributed by atoms with E-state index in [2.05, 4.69) is 6.92 Å². The predicted molar refractivity (Wildman–Crippen MR) is 65.3 cm³/mol. The number of carbonyl (C=O) groups is 1. The van der Waals surface area contributed by atoms with Crippen LogP contribution >= 0.6 is 0 Å². The average Bonchev–Trinajstić information content (AvgIpc) is 2.35. The molecule has 1 aromatic rings. The van der Waals surface area contributed by atoms with E-state index in [1.807, 2.05) is 6.92 Å². The third-order valence-corrected chi connectivity index (χ3v) is 3.56. The van der Waals surface area contributed by atoms with Gasteiger partial charge in [-0.25, -0.2) is 8.78 Å². The van der Waals surface area contributed by atoms with Gasteiger partial charge in [0.2, 0.25) is 0 Å². The van der Waals surface area contributed by atoms with Gasteiger partial charge in [0.15, 0.2) is 11.6 Å². The highest BCUT2D eigenvalue weighted by Gasteiger charge is 2.29. The molecule has 0 bridgehead atoms. The molecule has 98 valence electrons. The number of rotatable bonds is 1. The van der Waals surface area contributed by atoms with Crippen molar-refractivity contribution in [3.63, 3.8) is 0 Å². The van der Waals surface area contributed by atoms with Crippen LogP contribution in [-0.2, 0) is 0 Å². The van der Waals surface area contributed by atoms with E-state index in [4.69, 9.17) is 0 Å². The van der Waals surface area contributed by atoms with Crippen molar-refractivity contribution in [3.8, 4) is 0 Å². The molecule has 0 aromatic heterocycles. The molecule has 2 atom stereocenters. The number of hydrogen-bond donors (Lipinski definition) is 0. The van der Waals surface area contributed by atoms with Gasteiger partial charge in [0.25, 0.3) is 5.91 Å². The van der Waals surface area contributed by atoms with Crippen LogP contribution in [0.3, 0.4) is 0 Å². The van der Waals surface area contributed by atoms with E-state index in [0.717, 1.165) is 18.9 Å². The second-order valence-corrected chi connectivity index (χ2v) is 5.09. The molecule has 1 heterocycles. The van der Waals surface area contributed by atoms with Crippen LogP contribution < -0.4 is 0 Å². The molecule has 1 amide bonds. The fourth-order valence-electron chi connectivity index (χ4n) is 2.40. The van der Waals surface area contributed by atoms with E-state index in [1.165, 1.54) is 12.1 Å². The summed E-state index contributed by atoms with van der Waals surface area (Å²) in [6.07, 6.45) is 1.97. The minimum Gasteiger partial charge on any atom is -0.336 e. The molecule has 1 aliphatic rings. The van der Waals surface area contributed by atoms with Gasteiger partial charge in [-0.2, -0.15) is 0 Å². The standard InChI is InChI=1S/C14H17F2NO/c1-9-6-7-10(2)17(8-9)14(18)11-4-3-5-12(15)13(11)16/h3-5,9-10H,6-8H2,1-2H3. The van der Waals surface area contributed by atoms with Crippen LogP contribution in [0.4, 0.5) is 8.78 Å². The fraction of sp³-hybridized carbons (Fsp3) is 0.500. The minimum absolute atomic E-state index is 0.0800. The minimum atomic E-state index is -1.05. The summed E-state index contributed by atoms with van der Waals surface area (Å²) in [6.45, 7) is 4.62. The van der Waals surface area contributed by atoms with Crippen LogP contribution in [0.2, 0.25) is 0 Å². The SMILES string of the molecule is CC1CCC(C)N(C(=O)c2cccc(F)c2F)C1. The van der Waals surface area contributed by atoms with Crippen LogP contribution in [0.25, 0.3) is 0 Å². The lowest BCUT2D eigenvalue weighted by Gasteiger charge is -2.36. The first-order valence-electron chi connectivity index (χ1n) is 6.25. The van der Waals surface area contributed by atoms with Gasteiger partial charge in [0.05, 0.1) is 5.56 Å². The maximum atomic E-state index is 13.6. The van der Waals surface area contributed by atoms with E-state index in [9.17, 15) is 13.6 Å². The maximum absolute atomic E-state index is 13.6. The highest BCUT2D eigenvalue weighted by atomic mass is 19.2. The van der Waals surface area contributed by atoms with E-state index in [0.29, 0.717) is 12.5 Å². The van der Waals surface area contributed by atoms with Gasteiger partial charge < -0.3 is 4.90 Å². The largest absolute Gasteiger partial charge is 0.336 e. The van der Waals surface area contributed by atoms with Gasteiger partial charge in [0, 0.05) is 12.6 Å². The van der Waals surface area contributed by atoms with Crippen molar-refractivity contribution in [2.45, 2.75) is 32.7 Å². The second-order valence-electron chi connectivity index (χ2n) is 5.09. The average molecular weight is 253 g/mol. The lowest BCUT2D eigenvalue weighted by atomic mass is 9.94. The zero-order valence-electron chi connectivity index (χ0n) is 10.6. The summed E-state index contributed by atoms with van der Waals surface area (Å²) in [7, 11) is 0. The number of likely N-dealkylation sites (tertiary alicyclic amines) is 1. The number of amides is 1. The second kappa shape index (κ2) is 5.04. The van der Waals surface area contributed by atoms with Crippen molar-refractivity contribution in [1.29, 1.82) is 0 Å². The van der Waals surface area contributed by atoms with Crippen molar-refractivity contribution >= 4 is 5.91 Å². The van der Waals surface area contributed by atoms with Crippen LogP contribution in [-0.4, -0.2) is 23.4 Å². The Kier molecular flexibility index (Phi) is 3.64. The first kappa shape index (κ1) is 13.0. The molecule has 0 aliphatic carbocycles. The fourth-order valence-corrected chi connectivity index (χ4v) is 2.40. The first-order chi connectivity index (χ1) is 8.50. The Hall–Kier alpha value is -1.45. The number of hydrogen-bond acceptors (Lipinski definition) is 1. The molecule has 4 heteroatoms. The Bertz CT molecular complexity index is 461. The van der Waals surface area contributed by atoms with E-state index < -0.39 is 17.5 Å². The van der Waals surface area contributed by atoms with Crippen molar-refractivity contribution in [2.75, 3.05) is 6.54 Å². The predicted octanol–water partition coefficient (Wildman–Crippen LogP) is 3.23. The molecule has 2 unspecified atom stereocenters. The summed E-state index contributed by atoms with van der Waals surface area (Å²) in [5, 5.41) is 0. The van der Waals surface area contributed by atoms with Crippen molar-refractivity contribution in [3.05, 3.63) is 35.4 Å². The maximum Gasteiger partial charge on any atom is 0.257 e. The third kappa shape index (κ3) is 2.37. The molecule has 1 saturated heterocycles. The Morgan fingerprint density at radius 2 is 2.00 bits per heavy atom. The number of piperidine rings is 1. The molecule has 18 heavy (non-hydrogen) atoms. The highest BCUT2D eigenvalue weighted by Crippen LogP contribution is 2.24. The summed E-state index contributed by atoms with van der Waals surface area (Å²) in [6, 6.07) is 3.81. The van der Waals surface area contributed by atoms with Gasteiger partial charge in [-0.1, -0.05) is 13.0 Å².